The summed E-state index contributed by atoms with van der Waals surface area (Å²) in [4.78, 5) is 59.1. The number of aryl methyl sites for hydroxylation is 3. The minimum atomic E-state index is -4.09. The lowest BCUT2D eigenvalue weighted by Crippen LogP contribution is -2.36. The number of fused-ring (bicyclic) bond motifs is 2. The van der Waals surface area contributed by atoms with Crippen LogP contribution in [0.1, 0.15) is 77.4 Å². The van der Waals surface area contributed by atoms with Crippen LogP contribution in [0.3, 0.4) is 0 Å². The van der Waals surface area contributed by atoms with Crippen LogP contribution in [-0.2, 0) is 14.9 Å². The van der Waals surface area contributed by atoms with Crippen LogP contribution in [0.5, 0.6) is 0 Å². The van der Waals surface area contributed by atoms with Crippen molar-refractivity contribution in [3.63, 3.8) is 0 Å². The predicted octanol–water partition coefficient (Wildman–Crippen LogP) is 4.30. The molecule has 224 valence electrons. The van der Waals surface area contributed by atoms with Crippen LogP contribution in [0.2, 0.25) is 0 Å². The Bertz CT molecular complexity index is 1560. The van der Waals surface area contributed by atoms with Gasteiger partial charge in [0.2, 0.25) is 0 Å². The van der Waals surface area contributed by atoms with Crippen molar-refractivity contribution in [1.29, 1.82) is 0 Å². The number of hydrogen-bond acceptors (Lipinski definition) is 7. The summed E-state index contributed by atoms with van der Waals surface area (Å²) in [5, 5.41) is 0. The predicted molar refractivity (Wildman–Crippen MR) is 158 cm³/mol. The van der Waals surface area contributed by atoms with Crippen molar-refractivity contribution in [2.24, 2.45) is 0 Å². The standard InChI is InChI=1S/C32H33N3O7S/c1-21-19-22(2)28(23(3)20-21)43(40,41)35(17-9-8-15-33-29(36)24-11-4-5-12-25(24)30(33)37)42-18-10-16-34-31(38)26-13-6-7-14-27(26)32(34)39/h4-7,11-14,19-20H,8-10,15-18H2,1-3H3. The highest BCUT2D eigenvalue weighted by atomic mass is 32.2. The summed E-state index contributed by atoms with van der Waals surface area (Å²) in [6, 6.07) is 16.8. The van der Waals surface area contributed by atoms with Crippen LogP contribution in [0.15, 0.2) is 65.6 Å². The highest BCUT2D eigenvalue weighted by Crippen LogP contribution is 2.27. The van der Waals surface area contributed by atoms with Crippen LogP contribution in [-0.4, -0.2) is 72.6 Å². The second-order valence-electron chi connectivity index (χ2n) is 10.8. The average molecular weight is 604 g/mol. The number of carbonyl (C=O) groups is 4. The van der Waals surface area contributed by atoms with Crippen molar-refractivity contribution >= 4 is 33.7 Å². The molecule has 43 heavy (non-hydrogen) atoms. The molecule has 2 aliphatic heterocycles. The number of imide groups is 2. The van der Waals surface area contributed by atoms with Crippen molar-refractivity contribution in [3.8, 4) is 0 Å². The van der Waals surface area contributed by atoms with Crippen LogP contribution in [0.4, 0.5) is 0 Å². The van der Waals surface area contributed by atoms with E-state index in [-0.39, 0.29) is 61.2 Å². The number of nitrogens with zero attached hydrogens (tertiary/aromatic N) is 3. The van der Waals surface area contributed by atoms with E-state index in [1.807, 2.05) is 6.92 Å². The maximum Gasteiger partial charge on any atom is 0.265 e. The van der Waals surface area contributed by atoms with Crippen LogP contribution >= 0.6 is 0 Å². The van der Waals surface area contributed by atoms with Crippen LogP contribution in [0.25, 0.3) is 0 Å². The smallest absolute Gasteiger partial charge is 0.265 e. The first-order chi connectivity index (χ1) is 20.5. The summed E-state index contributed by atoms with van der Waals surface area (Å²) in [5.41, 5.74) is 3.53. The lowest BCUT2D eigenvalue weighted by atomic mass is 10.1. The summed E-state index contributed by atoms with van der Waals surface area (Å²) in [7, 11) is -4.09. The maximum absolute atomic E-state index is 13.9. The molecule has 0 atom stereocenters. The first kappa shape index (κ1) is 30.3. The number of carbonyl (C=O) groups excluding carboxylic acids is 4. The van der Waals surface area contributed by atoms with Gasteiger partial charge in [-0.15, -0.1) is 0 Å². The van der Waals surface area contributed by atoms with Crippen molar-refractivity contribution in [3.05, 3.63) is 99.6 Å². The first-order valence-corrected chi connectivity index (χ1v) is 15.6. The Balaban J connectivity index is 1.25. The molecule has 0 radical (unpaired) electrons. The molecule has 10 nitrogen and oxygen atoms in total. The molecule has 0 N–H and O–H groups in total. The third-order valence-electron chi connectivity index (χ3n) is 7.62. The number of hydrogen-bond donors (Lipinski definition) is 0. The lowest BCUT2D eigenvalue weighted by Gasteiger charge is -2.24. The van der Waals surface area contributed by atoms with Gasteiger partial charge in [-0.1, -0.05) is 46.4 Å². The van der Waals surface area contributed by atoms with Gasteiger partial charge in [0.25, 0.3) is 33.7 Å². The van der Waals surface area contributed by atoms with Gasteiger partial charge in [0.15, 0.2) is 0 Å². The zero-order valence-electron chi connectivity index (χ0n) is 24.3. The summed E-state index contributed by atoms with van der Waals surface area (Å²) >= 11 is 0. The van der Waals surface area contributed by atoms with E-state index in [9.17, 15) is 27.6 Å². The Morgan fingerprint density at radius 2 is 1.07 bits per heavy atom. The molecular weight excluding hydrogens is 570 g/mol. The van der Waals surface area contributed by atoms with Crippen LogP contribution < -0.4 is 0 Å². The summed E-state index contributed by atoms with van der Waals surface area (Å²) in [6.07, 6.45) is 0.898. The maximum atomic E-state index is 13.9. The Labute approximate surface area is 250 Å². The molecule has 0 spiro atoms. The van der Waals surface area contributed by atoms with E-state index in [2.05, 4.69) is 0 Å². The van der Waals surface area contributed by atoms with Gasteiger partial charge in [-0.2, -0.15) is 0 Å². The number of hydroxylamine groups is 1. The molecule has 3 aromatic rings. The van der Waals surface area contributed by atoms with E-state index in [1.165, 1.54) is 4.90 Å². The average Bonchev–Trinajstić information content (AvgIpc) is 3.35. The minimum Gasteiger partial charge on any atom is -0.284 e. The molecule has 0 aliphatic carbocycles. The summed E-state index contributed by atoms with van der Waals surface area (Å²) in [5.74, 6) is -1.49. The number of amides is 4. The Kier molecular flexibility index (Phi) is 8.59. The van der Waals surface area contributed by atoms with Gasteiger partial charge >= 0.3 is 0 Å². The molecule has 0 aromatic heterocycles. The van der Waals surface area contributed by atoms with Gasteiger partial charge in [0, 0.05) is 19.6 Å². The molecule has 2 aliphatic rings. The van der Waals surface area contributed by atoms with Crippen molar-refractivity contribution in [2.45, 2.75) is 44.9 Å². The molecule has 3 aromatic carbocycles. The first-order valence-electron chi connectivity index (χ1n) is 14.2. The van der Waals surface area contributed by atoms with Crippen LogP contribution in [0, 0.1) is 20.8 Å². The monoisotopic (exact) mass is 603 g/mol. The molecule has 2 heterocycles. The highest BCUT2D eigenvalue weighted by Gasteiger charge is 2.36. The fraction of sp³-hybridized carbons (Fsp3) is 0.312. The van der Waals surface area contributed by atoms with Gasteiger partial charge in [-0.3, -0.25) is 33.8 Å². The summed E-state index contributed by atoms with van der Waals surface area (Å²) in [6.45, 7) is 5.49. The van der Waals surface area contributed by atoms with Crippen molar-refractivity contribution < 1.29 is 32.4 Å². The summed E-state index contributed by atoms with van der Waals surface area (Å²) < 4.78 is 28.7. The topological polar surface area (TPSA) is 121 Å². The molecule has 11 heteroatoms. The van der Waals surface area contributed by atoms with Gasteiger partial charge in [-0.05, 0) is 75.4 Å². The Morgan fingerprint density at radius 3 is 1.51 bits per heavy atom. The third-order valence-corrected chi connectivity index (χ3v) is 9.60. The van der Waals surface area contributed by atoms with Crippen molar-refractivity contribution in [2.75, 3.05) is 26.2 Å². The van der Waals surface area contributed by atoms with E-state index in [0.717, 1.165) is 14.9 Å². The molecular formula is C32H33N3O7S. The fourth-order valence-corrected chi connectivity index (χ4v) is 7.43. The molecule has 5 rings (SSSR count). The fourth-order valence-electron chi connectivity index (χ4n) is 5.71. The zero-order valence-corrected chi connectivity index (χ0v) is 25.1. The van der Waals surface area contributed by atoms with Gasteiger partial charge in [0.1, 0.15) is 0 Å². The number of benzene rings is 3. The molecule has 0 fully saturated rings. The SMILES string of the molecule is Cc1cc(C)c(S(=O)(=O)N(CCCCN2C(=O)c3ccccc3C2=O)OCCCN2C(=O)c3ccccc3C2=O)c(C)c1. The van der Waals surface area contributed by atoms with E-state index in [4.69, 9.17) is 4.84 Å². The zero-order chi connectivity index (χ0) is 30.9. The Morgan fingerprint density at radius 1 is 0.651 bits per heavy atom. The second-order valence-corrected chi connectivity index (χ2v) is 12.5. The lowest BCUT2D eigenvalue weighted by molar-refractivity contribution is -0.0867. The highest BCUT2D eigenvalue weighted by molar-refractivity contribution is 7.89. The normalized spacial score (nSPS) is 14.7. The molecule has 0 bridgehead atoms. The van der Waals surface area contributed by atoms with Gasteiger partial charge in [0.05, 0.1) is 33.8 Å². The number of rotatable bonds is 12. The second kappa shape index (κ2) is 12.2. The Hall–Kier alpha value is -4.19. The van der Waals surface area contributed by atoms with E-state index in [0.29, 0.717) is 46.2 Å². The van der Waals surface area contributed by atoms with Gasteiger partial charge in [-0.25, -0.2) is 8.42 Å². The number of sulfonamides is 1. The molecule has 0 unspecified atom stereocenters. The number of unbranched alkanes of at least 4 members (excludes halogenated alkanes) is 1. The molecule has 4 amide bonds. The van der Waals surface area contributed by atoms with E-state index >= 15 is 0 Å². The minimum absolute atomic E-state index is 0.0225. The quantitative estimate of drug-likeness (QED) is 0.172. The molecule has 0 saturated carbocycles. The largest absolute Gasteiger partial charge is 0.284 e. The molecule has 0 saturated heterocycles. The van der Waals surface area contributed by atoms with Gasteiger partial charge < -0.3 is 0 Å². The van der Waals surface area contributed by atoms with Crippen molar-refractivity contribution in [1.82, 2.24) is 14.3 Å². The van der Waals surface area contributed by atoms with E-state index in [1.54, 1.807) is 74.5 Å². The third kappa shape index (κ3) is 5.75. The van der Waals surface area contributed by atoms with E-state index < -0.39 is 10.0 Å².